The number of esters is 4. The van der Waals surface area contributed by atoms with Crippen LogP contribution in [0.15, 0.2) is 0 Å². The number of aliphatic hydroxyl groups excluding tert-OH is 1. The predicted molar refractivity (Wildman–Crippen MR) is 303 cm³/mol. The monoisotopic (exact) mass is 1140 g/mol. The summed E-state index contributed by atoms with van der Waals surface area (Å²) in [5, 5.41) is 10.5. The van der Waals surface area contributed by atoms with Crippen molar-refractivity contribution in [2.24, 2.45) is 0 Å². The molecule has 0 aliphatic carbocycles. The lowest BCUT2D eigenvalue weighted by molar-refractivity contribution is -0.161. The number of rotatable bonds is 59. The molecule has 456 valence electrons. The van der Waals surface area contributed by atoms with Crippen LogP contribution in [0, 0.1) is 0 Å². The summed E-state index contributed by atoms with van der Waals surface area (Å²) in [6.07, 6.45) is 36.1. The van der Waals surface area contributed by atoms with Crippen LogP contribution < -0.4 is 0 Å². The molecule has 0 saturated heterocycles. The third kappa shape index (κ3) is 53.2. The number of aliphatic hydroxyl groups is 1. The van der Waals surface area contributed by atoms with Crippen molar-refractivity contribution < 1.29 is 80.2 Å². The van der Waals surface area contributed by atoms with Crippen LogP contribution in [0.1, 0.15) is 291 Å². The highest BCUT2D eigenvalue weighted by Gasteiger charge is 2.30. The first-order chi connectivity index (χ1) is 37.2. The highest BCUT2D eigenvalue weighted by atomic mass is 31.2. The maximum absolute atomic E-state index is 12.9. The molecule has 0 aliphatic heterocycles. The van der Waals surface area contributed by atoms with Crippen LogP contribution in [0.4, 0.5) is 0 Å². The van der Waals surface area contributed by atoms with Crippen molar-refractivity contribution in [1.29, 1.82) is 0 Å². The van der Waals surface area contributed by atoms with Gasteiger partial charge in [0.1, 0.15) is 19.3 Å². The Hall–Kier alpha value is -1.94. The Balaban J connectivity index is 5.21. The Bertz CT molecular complexity index is 1500. The van der Waals surface area contributed by atoms with Gasteiger partial charge in [0.15, 0.2) is 12.2 Å². The molecule has 0 bridgehead atoms. The van der Waals surface area contributed by atoms with Crippen molar-refractivity contribution in [3.8, 4) is 0 Å². The van der Waals surface area contributed by atoms with E-state index in [4.69, 9.17) is 37.0 Å². The minimum Gasteiger partial charge on any atom is -0.462 e. The third-order valence-electron chi connectivity index (χ3n) is 13.4. The van der Waals surface area contributed by atoms with Gasteiger partial charge < -0.3 is 33.8 Å². The van der Waals surface area contributed by atoms with Gasteiger partial charge in [-0.25, -0.2) is 9.13 Å². The van der Waals surface area contributed by atoms with Gasteiger partial charge >= 0.3 is 39.5 Å². The van der Waals surface area contributed by atoms with Gasteiger partial charge in [0.2, 0.25) is 0 Å². The van der Waals surface area contributed by atoms with E-state index in [0.29, 0.717) is 25.7 Å². The van der Waals surface area contributed by atoms with Crippen molar-refractivity contribution in [3.05, 3.63) is 0 Å². The van der Waals surface area contributed by atoms with E-state index in [1.807, 2.05) is 0 Å². The fraction of sp³-hybridized carbons (Fsp3) is 0.931. The quantitative estimate of drug-likeness (QED) is 0.0222. The van der Waals surface area contributed by atoms with E-state index in [-0.39, 0.29) is 25.7 Å². The van der Waals surface area contributed by atoms with E-state index >= 15 is 0 Å². The summed E-state index contributed by atoms with van der Waals surface area (Å²) in [5.41, 5.74) is 0. The molecule has 0 aromatic carbocycles. The van der Waals surface area contributed by atoms with Gasteiger partial charge in [0.05, 0.1) is 26.4 Å². The molecule has 0 aromatic heterocycles. The maximum Gasteiger partial charge on any atom is 0.472 e. The summed E-state index contributed by atoms with van der Waals surface area (Å²) in [6, 6.07) is 0. The van der Waals surface area contributed by atoms with E-state index in [0.717, 1.165) is 89.9 Å². The lowest BCUT2D eigenvalue weighted by atomic mass is 10.1. The van der Waals surface area contributed by atoms with E-state index in [1.54, 1.807) is 0 Å². The molecule has 3 N–H and O–H groups in total. The zero-order valence-corrected chi connectivity index (χ0v) is 50.7. The first-order valence-corrected chi connectivity index (χ1v) is 33.8. The average molecular weight is 1140 g/mol. The zero-order valence-electron chi connectivity index (χ0n) is 48.9. The molecule has 0 fully saturated rings. The SMILES string of the molecule is CCCCCCCCCCCCC(=O)O[C@H](COC(=O)CCCCCCCCCCC)COP(=O)(O)OC[C@@H](O)COP(=O)(O)OC[C@@H](COC(=O)CCCCCCCCCCC)OC(=O)CCCCCCCCCCC. The molecule has 19 heteroatoms. The van der Waals surface area contributed by atoms with Crippen LogP contribution in [-0.2, 0) is 65.4 Å². The van der Waals surface area contributed by atoms with Gasteiger partial charge in [-0.15, -0.1) is 0 Å². The Morgan fingerprint density at radius 3 is 0.766 bits per heavy atom. The van der Waals surface area contributed by atoms with E-state index in [1.165, 1.54) is 122 Å². The number of phosphoric ester groups is 2. The van der Waals surface area contributed by atoms with Crippen LogP contribution in [0.2, 0.25) is 0 Å². The molecule has 0 spiro atoms. The number of carbonyl (C=O) groups is 4. The Kier molecular flexibility index (Phi) is 52.0. The highest BCUT2D eigenvalue weighted by Crippen LogP contribution is 2.45. The summed E-state index contributed by atoms with van der Waals surface area (Å²) in [6.45, 7) is 4.79. The second-order valence-electron chi connectivity index (χ2n) is 21.0. The standard InChI is InChI=1S/C58H112O17P2/c1-5-9-13-17-21-25-29-33-37-41-45-58(63)75-54(49-69-56(61)43-39-35-31-27-23-19-15-11-7-3)51-73-77(66,67)71-47-52(59)46-70-76(64,65)72-50-53(74-57(62)44-40-36-32-28-24-20-16-12-8-4)48-68-55(60)42-38-34-30-26-22-18-14-10-6-2/h52-54,59H,5-51H2,1-4H3,(H,64,65)(H,66,67)/t52-,53+,54+/m0/s1. The Labute approximate surface area is 467 Å². The van der Waals surface area contributed by atoms with Crippen LogP contribution in [0.3, 0.4) is 0 Å². The highest BCUT2D eigenvalue weighted by molar-refractivity contribution is 7.47. The minimum absolute atomic E-state index is 0.106. The van der Waals surface area contributed by atoms with Gasteiger partial charge in [0, 0.05) is 25.7 Å². The van der Waals surface area contributed by atoms with Crippen LogP contribution >= 0.6 is 15.6 Å². The minimum atomic E-state index is -4.93. The molecule has 0 amide bonds. The molecule has 77 heavy (non-hydrogen) atoms. The Morgan fingerprint density at radius 2 is 0.519 bits per heavy atom. The van der Waals surface area contributed by atoms with Crippen molar-refractivity contribution in [2.45, 2.75) is 309 Å². The number of hydrogen-bond donors (Lipinski definition) is 3. The molecular weight excluding hydrogens is 1030 g/mol. The molecule has 2 unspecified atom stereocenters. The fourth-order valence-electron chi connectivity index (χ4n) is 8.57. The number of ether oxygens (including phenoxy) is 4. The zero-order chi connectivity index (χ0) is 56.9. The largest absolute Gasteiger partial charge is 0.472 e. The molecule has 17 nitrogen and oxygen atoms in total. The van der Waals surface area contributed by atoms with Gasteiger partial charge in [-0.05, 0) is 25.7 Å². The molecule has 0 aromatic rings. The smallest absolute Gasteiger partial charge is 0.462 e. The number of phosphoric acid groups is 2. The summed E-state index contributed by atoms with van der Waals surface area (Å²) in [7, 11) is -9.86. The van der Waals surface area contributed by atoms with Gasteiger partial charge in [-0.3, -0.25) is 37.3 Å². The average Bonchev–Trinajstić information content (AvgIpc) is 3.40. The predicted octanol–water partition coefficient (Wildman–Crippen LogP) is 15.6. The number of hydrogen-bond acceptors (Lipinski definition) is 15. The van der Waals surface area contributed by atoms with Crippen molar-refractivity contribution >= 4 is 39.5 Å². The summed E-state index contributed by atoms with van der Waals surface area (Å²) < 4.78 is 67.6. The van der Waals surface area contributed by atoms with Gasteiger partial charge in [-0.2, -0.15) is 0 Å². The number of unbranched alkanes of at least 4 members (excludes halogenated alkanes) is 33. The van der Waals surface area contributed by atoms with Crippen LogP contribution in [0.5, 0.6) is 0 Å². The molecule has 0 radical (unpaired) electrons. The maximum atomic E-state index is 12.9. The first-order valence-electron chi connectivity index (χ1n) is 30.8. The summed E-state index contributed by atoms with van der Waals surface area (Å²) >= 11 is 0. The van der Waals surface area contributed by atoms with Crippen molar-refractivity contribution in [2.75, 3.05) is 39.6 Å². The van der Waals surface area contributed by atoms with Crippen molar-refractivity contribution in [3.63, 3.8) is 0 Å². The van der Waals surface area contributed by atoms with Gasteiger partial charge in [0.25, 0.3) is 0 Å². The summed E-state index contributed by atoms with van der Waals surface area (Å²) in [4.78, 5) is 71.8. The number of carbonyl (C=O) groups excluding carboxylic acids is 4. The van der Waals surface area contributed by atoms with Crippen molar-refractivity contribution in [1.82, 2.24) is 0 Å². The molecule has 0 rings (SSSR count). The first kappa shape index (κ1) is 75.1. The third-order valence-corrected chi connectivity index (χ3v) is 15.3. The van der Waals surface area contributed by atoms with Gasteiger partial charge in [-0.1, -0.05) is 240 Å². The second-order valence-corrected chi connectivity index (χ2v) is 23.9. The lowest BCUT2D eigenvalue weighted by Crippen LogP contribution is -2.30. The summed E-state index contributed by atoms with van der Waals surface area (Å²) in [5.74, 6) is -2.14. The van der Waals surface area contributed by atoms with Crippen LogP contribution in [0.25, 0.3) is 0 Å². The van der Waals surface area contributed by atoms with Crippen LogP contribution in [-0.4, -0.2) is 96.7 Å². The van der Waals surface area contributed by atoms with E-state index in [9.17, 15) is 43.2 Å². The molecular formula is C58H112O17P2. The molecule has 0 saturated carbocycles. The topological polar surface area (TPSA) is 237 Å². The lowest BCUT2D eigenvalue weighted by Gasteiger charge is -2.21. The second kappa shape index (κ2) is 53.4. The fourth-order valence-corrected chi connectivity index (χ4v) is 10.2. The molecule has 5 atom stereocenters. The molecule has 0 heterocycles. The molecule has 0 aliphatic rings. The van der Waals surface area contributed by atoms with E-state index < -0.39 is 97.5 Å². The normalized spacial score (nSPS) is 14.3. The Morgan fingerprint density at radius 1 is 0.312 bits per heavy atom. The van der Waals surface area contributed by atoms with E-state index in [2.05, 4.69) is 27.7 Å².